The van der Waals surface area contributed by atoms with Gasteiger partial charge in [-0.15, -0.1) is 11.3 Å². The lowest BCUT2D eigenvalue weighted by Gasteiger charge is -2.28. The Morgan fingerprint density at radius 3 is 2.68 bits per heavy atom. The molecule has 0 aromatic carbocycles. The Labute approximate surface area is 149 Å². The van der Waals surface area contributed by atoms with E-state index in [0.29, 0.717) is 0 Å². The molecule has 5 heterocycles. The lowest BCUT2D eigenvalue weighted by molar-refractivity contribution is 0.122. The fourth-order valence-corrected chi connectivity index (χ4v) is 4.65. The van der Waals surface area contributed by atoms with Gasteiger partial charge in [-0.1, -0.05) is 0 Å². The first kappa shape index (κ1) is 15.2. The molecule has 2 saturated heterocycles. The average Bonchev–Trinajstić information content (AvgIpc) is 3.07. The van der Waals surface area contributed by atoms with E-state index in [9.17, 15) is 0 Å². The Balaban J connectivity index is 1.59. The molecule has 0 unspecified atom stereocenters. The van der Waals surface area contributed by atoms with Crippen molar-refractivity contribution in [2.24, 2.45) is 0 Å². The highest BCUT2D eigenvalue weighted by Gasteiger charge is 2.20. The number of hydrogen-bond donors (Lipinski definition) is 1. The van der Waals surface area contributed by atoms with Gasteiger partial charge >= 0.3 is 0 Å². The van der Waals surface area contributed by atoms with Crippen LogP contribution in [0.5, 0.6) is 0 Å². The summed E-state index contributed by atoms with van der Waals surface area (Å²) in [5, 5.41) is 4.51. The Morgan fingerprint density at radius 1 is 1.00 bits per heavy atom. The molecule has 0 bridgehead atoms. The number of pyridine rings is 1. The molecule has 2 aliphatic rings. The molecule has 0 atom stereocenters. The largest absolute Gasteiger partial charge is 0.378 e. The Bertz CT molecular complexity index is 901. The number of ether oxygens (including phenoxy) is 1. The standard InChI is InChI=1S/C17H20N6OS/c1-2-13(22-7-9-24-10-8-22)21-17-12(1)14-15(25-17)16(20-11-19-14)23-5-3-18-4-6-23/h1-2,11,18H,3-10H2. The summed E-state index contributed by atoms with van der Waals surface area (Å²) in [6.07, 6.45) is 1.68. The monoisotopic (exact) mass is 356 g/mol. The zero-order valence-electron chi connectivity index (χ0n) is 13.9. The van der Waals surface area contributed by atoms with Crippen LogP contribution in [0.2, 0.25) is 0 Å². The number of piperazine rings is 1. The van der Waals surface area contributed by atoms with Crippen LogP contribution in [0.4, 0.5) is 11.6 Å². The second-order valence-electron chi connectivity index (χ2n) is 6.34. The third-order valence-electron chi connectivity index (χ3n) is 4.84. The van der Waals surface area contributed by atoms with Crippen LogP contribution in [-0.2, 0) is 4.74 Å². The average molecular weight is 356 g/mol. The summed E-state index contributed by atoms with van der Waals surface area (Å²) in [4.78, 5) is 19.7. The van der Waals surface area contributed by atoms with E-state index >= 15 is 0 Å². The molecule has 130 valence electrons. The van der Waals surface area contributed by atoms with Crippen molar-refractivity contribution in [2.75, 3.05) is 62.3 Å². The predicted molar refractivity (Wildman–Crippen MR) is 101 cm³/mol. The number of aromatic nitrogens is 3. The van der Waals surface area contributed by atoms with E-state index in [1.54, 1.807) is 17.7 Å². The maximum atomic E-state index is 5.44. The molecule has 5 rings (SSSR count). The van der Waals surface area contributed by atoms with Gasteiger partial charge in [0, 0.05) is 44.7 Å². The highest BCUT2D eigenvalue weighted by molar-refractivity contribution is 7.25. The summed E-state index contributed by atoms with van der Waals surface area (Å²) in [6.45, 7) is 7.28. The number of nitrogens with zero attached hydrogens (tertiary/aromatic N) is 5. The molecular weight excluding hydrogens is 336 g/mol. The molecule has 25 heavy (non-hydrogen) atoms. The van der Waals surface area contributed by atoms with E-state index in [-0.39, 0.29) is 0 Å². The van der Waals surface area contributed by atoms with Gasteiger partial charge in [-0.3, -0.25) is 0 Å². The number of morpholine rings is 1. The number of thiophene rings is 1. The molecule has 7 nitrogen and oxygen atoms in total. The molecule has 0 aliphatic carbocycles. The quantitative estimate of drug-likeness (QED) is 0.746. The summed E-state index contributed by atoms with van der Waals surface area (Å²) >= 11 is 1.70. The molecule has 0 spiro atoms. The molecule has 3 aromatic rings. The van der Waals surface area contributed by atoms with Crippen LogP contribution in [0.1, 0.15) is 0 Å². The normalized spacial score (nSPS) is 19.0. The summed E-state index contributed by atoms with van der Waals surface area (Å²) in [6, 6.07) is 4.26. The van der Waals surface area contributed by atoms with Gasteiger partial charge in [-0.2, -0.15) is 0 Å². The van der Waals surface area contributed by atoms with Crippen LogP contribution >= 0.6 is 11.3 Å². The van der Waals surface area contributed by atoms with Crippen molar-refractivity contribution in [3.8, 4) is 0 Å². The Morgan fingerprint density at radius 2 is 1.84 bits per heavy atom. The smallest absolute Gasteiger partial charge is 0.150 e. The second-order valence-corrected chi connectivity index (χ2v) is 7.33. The molecule has 0 amide bonds. The minimum absolute atomic E-state index is 0.769. The SMILES string of the molecule is c1nc(N2CCNCC2)c2sc3nc(N4CCOCC4)ccc3c2n1. The fourth-order valence-electron chi connectivity index (χ4n) is 3.51. The van der Waals surface area contributed by atoms with E-state index in [0.717, 1.165) is 84.6 Å². The molecule has 1 N–H and O–H groups in total. The van der Waals surface area contributed by atoms with Crippen LogP contribution in [0.25, 0.3) is 20.4 Å². The second kappa shape index (κ2) is 6.36. The van der Waals surface area contributed by atoms with Gasteiger partial charge in [0.05, 0.1) is 23.4 Å². The van der Waals surface area contributed by atoms with Crippen molar-refractivity contribution in [3.05, 3.63) is 18.5 Å². The van der Waals surface area contributed by atoms with Gasteiger partial charge in [-0.05, 0) is 12.1 Å². The van der Waals surface area contributed by atoms with Crippen LogP contribution in [-0.4, -0.2) is 67.4 Å². The number of fused-ring (bicyclic) bond motifs is 3. The van der Waals surface area contributed by atoms with Gasteiger partial charge in [0.2, 0.25) is 0 Å². The Kier molecular flexibility index (Phi) is 3.88. The van der Waals surface area contributed by atoms with Gasteiger partial charge in [-0.25, -0.2) is 15.0 Å². The van der Waals surface area contributed by atoms with Gasteiger partial charge < -0.3 is 19.9 Å². The summed E-state index contributed by atoms with van der Waals surface area (Å²) in [7, 11) is 0. The molecular formula is C17H20N6OS. The number of hydrogen-bond acceptors (Lipinski definition) is 8. The minimum atomic E-state index is 0.769. The van der Waals surface area contributed by atoms with Crippen molar-refractivity contribution in [2.45, 2.75) is 0 Å². The number of anilines is 2. The van der Waals surface area contributed by atoms with Crippen molar-refractivity contribution in [3.63, 3.8) is 0 Å². The fraction of sp³-hybridized carbons (Fsp3) is 0.471. The van der Waals surface area contributed by atoms with Crippen LogP contribution in [0.3, 0.4) is 0 Å². The van der Waals surface area contributed by atoms with Crippen molar-refractivity contribution in [1.29, 1.82) is 0 Å². The summed E-state index contributed by atoms with van der Waals surface area (Å²) < 4.78 is 6.59. The van der Waals surface area contributed by atoms with Gasteiger partial charge in [0.15, 0.2) is 0 Å². The van der Waals surface area contributed by atoms with Crippen molar-refractivity contribution in [1.82, 2.24) is 20.3 Å². The molecule has 2 aliphatic heterocycles. The van der Waals surface area contributed by atoms with Gasteiger partial charge in [0.25, 0.3) is 0 Å². The minimum Gasteiger partial charge on any atom is -0.378 e. The molecule has 2 fully saturated rings. The van der Waals surface area contributed by atoms with Gasteiger partial charge in [0.1, 0.15) is 22.8 Å². The van der Waals surface area contributed by atoms with Crippen LogP contribution in [0, 0.1) is 0 Å². The molecule has 0 radical (unpaired) electrons. The maximum Gasteiger partial charge on any atom is 0.150 e. The third kappa shape index (κ3) is 2.70. The topological polar surface area (TPSA) is 66.4 Å². The first-order valence-corrected chi connectivity index (χ1v) is 9.54. The number of rotatable bonds is 2. The maximum absolute atomic E-state index is 5.44. The van der Waals surface area contributed by atoms with Crippen LogP contribution in [0.15, 0.2) is 18.5 Å². The zero-order valence-corrected chi connectivity index (χ0v) is 14.8. The third-order valence-corrected chi connectivity index (χ3v) is 5.92. The lowest BCUT2D eigenvalue weighted by atomic mass is 10.2. The van der Waals surface area contributed by atoms with E-state index in [1.165, 1.54) is 0 Å². The Hall–Kier alpha value is -2.03. The first-order chi connectivity index (χ1) is 12.4. The van der Waals surface area contributed by atoms with Crippen LogP contribution < -0.4 is 15.1 Å². The molecule has 8 heteroatoms. The van der Waals surface area contributed by atoms with Crippen molar-refractivity contribution < 1.29 is 4.74 Å². The summed E-state index contributed by atoms with van der Waals surface area (Å²) in [5.74, 6) is 2.07. The predicted octanol–water partition coefficient (Wildman–Crippen LogP) is 1.49. The number of nitrogens with one attached hydrogen (secondary N) is 1. The van der Waals surface area contributed by atoms with E-state index in [2.05, 4.69) is 37.2 Å². The van der Waals surface area contributed by atoms with Crippen molar-refractivity contribution >= 4 is 43.4 Å². The zero-order chi connectivity index (χ0) is 16.6. The lowest BCUT2D eigenvalue weighted by Crippen LogP contribution is -2.43. The van der Waals surface area contributed by atoms with E-state index in [1.807, 2.05) is 0 Å². The first-order valence-electron chi connectivity index (χ1n) is 8.73. The van der Waals surface area contributed by atoms with E-state index < -0.39 is 0 Å². The molecule has 0 saturated carbocycles. The summed E-state index contributed by atoms with van der Waals surface area (Å²) in [5.41, 5.74) is 1.02. The molecule has 3 aromatic heterocycles. The highest BCUT2D eigenvalue weighted by Crippen LogP contribution is 2.37. The highest BCUT2D eigenvalue weighted by atomic mass is 32.1. The van der Waals surface area contributed by atoms with E-state index in [4.69, 9.17) is 9.72 Å².